The zero-order chi connectivity index (χ0) is 24.6. The molecule has 0 aliphatic carbocycles. The molecular formula is C27H33N3O4. The highest BCUT2D eigenvalue weighted by molar-refractivity contribution is 6.01. The smallest absolute Gasteiger partial charge is 0.322 e. The molecule has 0 radical (unpaired) electrons. The van der Waals surface area contributed by atoms with Crippen molar-refractivity contribution in [1.82, 2.24) is 15.1 Å². The summed E-state index contributed by atoms with van der Waals surface area (Å²) in [6, 6.07) is 13.3. The van der Waals surface area contributed by atoms with E-state index in [2.05, 4.69) is 38.2 Å². The molecule has 0 spiro atoms. The summed E-state index contributed by atoms with van der Waals surface area (Å²) in [7, 11) is 4.93. The number of urea groups is 1. The maximum Gasteiger partial charge on any atom is 0.322 e. The molecule has 34 heavy (non-hydrogen) atoms. The number of nitrogens with zero attached hydrogens (tertiary/aromatic N) is 2. The third kappa shape index (κ3) is 4.34. The van der Waals surface area contributed by atoms with Crippen LogP contribution in [0.25, 0.3) is 0 Å². The molecule has 1 N–H and O–H groups in total. The molecule has 2 heterocycles. The van der Waals surface area contributed by atoms with Gasteiger partial charge in [-0.1, -0.05) is 51.1 Å². The standard InChI is InChI=1S/C27H33N3O4/c1-27(2,3)19-10-8-18(9-11-19)24-23-20(29(4)26(32)28-24)16-30(25(23)31)14-13-17-7-12-21(33-5)22(15-17)34-6/h7-12,15,24H,13-14,16H2,1-6H3,(H,28,32). The van der Waals surface area contributed by atoms with Gasteiger partial charge in [0.1, 0.15) is 0 Å². The molecule has 2 aliphatic heterocycles. The fraction of sp³-hybridized carbons (Fsp3) is 0.407. The van der Waals surface area contributed by atoms with E-state index in [4.69, 9.17) is 9.47 Å². The number of likely N-dealkylation sites (N-methyl/N-ethyl adjacent to an activating group) is 1. The maximum absolute atomic E-state index is 13.5. The molecule has 0 bridgehead atoms. The Balaban J connectivity index is 1.55. The molecule has 7 heteroatoms. The topological polar surface area (TPSA) is 71.1 Å². The van der Waals surface area contributed by atoms with Crippen molar-refractivity contribution in [1.29, 1.82) is 0 Å². The minimum atomic E-state index is -0.453. The average molecular weight is 464 g/mol. The Bertz CT molecular complexity index is 1130. The first kappa shape index (κ1) is 23.7. The Morgan fingerprint density at radius 2 is 1.68 bits per heavy atom. The number of benzene rings is 2. The van der Waals surface area contributed by atoms with Gasteiger partial charge >= 0.3 is 6.03 Å². The lowest BCUT2D eigenvalue weighted by Gasteiger charge is -2.31. The Labute approximate surface area is 201 Å². The van der Waals surface area contributed by atoms with Crippen LogP contribution in [0.15, 0.2) is 53.7 Å². The first-order valence-electron chi connectivity index (χ1n) is 11.5. The summed E-state index contributed by atoms with van der Waals surface area (Å²) in [5.41, 5.74) is 4.62. The van der Waals surface area contributed by atoms with E-state index in [9.17, 15) is 9.59 Å². The van der Waals surface area contributed by atoms with Gasteiger partial charge in [0, 0.05) is 13.6 Å². The van der Waals surface area contributed by atoms with E-state index in [0.717, 1.165) is 16.8 Å². The summed E-state index contributed by atoms with van der Waals surface area (Å²) in [5.74, 6) is 1.30. The van der Waals surface area contributed by atoms with E-state index in [0.29, 0.717) is 36.6 Å². The van der Waals surface area contributed by atoms with Gasteiger partial charge in [0.25, 0.3) is 5.91 Å². The van der Waals surface area contributed by atoms with Gasteiger partial charge in [-0.3, -0.25) is 9.69 Å². The van der Waals surface area contributed by atoms with E-state index >= 15 is 0 Å². The lowest BCUT2D eigenvalue weighted by atomic mass is 9.85. The largest absolute Gasteiger partial charge is 0.493 e. The summed E-state index contributed by atoms with van der Waals surface area (Å²) in [4.78, 5) is 29.6. The number of carbonyl (C=O) groups is 2. The Morgan fingerprint density at radius 3 is 2.29 bits per heavy atom. The molecule has 3 amide bonds. The Kier molecular flexibility index (Phi) is 6.30. The summed E-state index contributed by atoms with van der Waals surface area (Å²) in [5, 5.41) is 3.02. The van der Waals surface area contributed by atoms with Crippen LogP contribution in [0.1, 0.15) is 43.5 Å². The van der Waals surface area contributed by atoms with Crippen molar-refractivity contribution in [2.45, 2.75) is 38.6 Å². The number of nitrogens with one attached hydrogen (secondary N) is 1. The number of amides is 3. The van der Waals surface area contributed by atoms with Crippen molar-refractivity contribution in [2.75, 3.05) is 34.4 Å². The molecule has 2 aromatic carbocycles. The van der Waals surface area contributed by atoms with Gasteiger partial charge in [0.05, 0.1) is 38.1 Å². The minimum absolute atomic E-state index is 0.0309. The fourth-order valence-corrected chi connectivity index (χ4v) is 4.53. The molecule has 0 saturated carbocycles. The van der Waals surface area contributed by atoms with Crippen molar-refractivity contribution in [2.24, 2.45) is 0 Å². The number of methoxy groups -OCH3 is 2. The lowest BCUT2D eigenvalue weighted by molar-refractivity contribution is -0.125. The van der Waals surface area contributed by atoms with Gasteiger partial charge < -0.3 is 19.7 Å². The molecule has 0 fully saturated rings. The van der Waals surface area contributed by atoms with Crippen LogP contribution >= 0.6 is 0 Å². The van der Waals surface area contributed by atoms with Crippen LogP contribution in [-0.2, 0) is 16.6 Å². The fourth-order valence-electron chi connectivity index (χ4n) is 4.53. The quantitative estimate of drug-likeness (QED) is 0.702. The van der Waals surface area contributed by atoms with E-state index in [-0.39, 0.29) is 17.4 Å². The number of hydrogen-bond acceptors (Lipinski definition) is 4. The normalized spacial score (nSPS) is 18.2. The van der Waals surface area contributed by atoms with Gasteiger partial charge in [-0.2, -0.15) is 0 Å². The first-order valence-corrected chi connectivity index (χ1v) is 11.5. The average Bonchev–Trinajstić information content (AvgIpc) is 3.15. The second-order valence-corrected chi connectivity index (χ2v) is 9.84. The number of rotatable bonds is 6. The van der Waals surface area contributed by atoms with Gasteiger partial charge in [0.2, 0.25) is 0 Å². The summed E-state index contributed by atoms with van der Waals surface area (Å²) in [6.07, 6.45) is 0.669. The first-order chi connectivity index (χ1) is 16.1. The number of carbonyl (C=O) groups excluding carboxylic acids is 2. The van der Waals surface area contributed by atoms with E-state index in [1.807, 2.05) is 35.2 Å². The molecule has 0 saturated heterocycles. The second kappa shape index (κ2) is 9.05. The van der Waals surface area contributed by atoms with E-state index < -0.39 is 6.04 Å². The Hall–Kier alpha value is -3.48. The van der Waals surface area contributed by atoms with Gasteiger partial charge in [-0.15, -0.1) is 0 Å². The summed E-state index contributed by atoms with van der Waals surface area (Å²) >= 11 is 0. The second-order valence-electron chi connectivity index (χ2n) is 9.84. The van der Waals surface area contributed by atoms with Crippen molar-refractivity contribution < 1.29 is 19.1 Å². The highest BCUT2D eigenvalue weighted by Crippen LogP contribution is 2.36. The molecule has 2 aromatic rings. The number of hydrogen-bond donors (Lipinski definition) is 1. The van der Waals surface area contributed by atoms with Crippen molar-refractivity contribution in [3.63, 3.8) is 0 Å². The summed E-state index contributed by atoms with van der Waals surface area (Å²) in [6.45, 7) is 7.45. The SMILES string of the molecule is COc1ccc(CCN2CC3=C(C2=O)C(c2ccc(C(C)(C)C)cc2)NC(=O)N3C)cc1OC. The third-order valence-corrected chi connectivity index (χ3v) is 6.66. The summed E-state index contributed by atoms with van der Waals surface area (Å²) < 4.78 is 10.7. The molecule has 2 aliphatic rings. The highest BCUT2D eigenvalue weighted by atomic mass is 16.5. The van der Waals surface area contributed by atoms with Crippen LogP contribution in [0.4, 0.5) is 4.79 Å². The van der Waals surface area contributed by atoms with E-state index in [1.54, 1.807) is 26.2 Å². The van der Waals surface area contributed by atoms with Crippen LogP contribution in [0.5, 0.6) is 11.5 Å². The Morgan fingerprint density at radius 1 is 1.00 bits per heavy atom. The zero-order valence-corrected chi connectivity index (χ0v) is 20.8. The van der Waals surface area contributed by atoms with Crippen molar-refractivity contribution in [3.8, 4) is 11.5 Å². The predicted molar refractivity (Wildman–Crippen MR) is 131 cm³/mol. The maximum atomic E-state index is 13.5. The van der Waals surface area contributed by atoms with Crippen LogP contribution in [-0.4, -0.2) is 56.1 Å². The number of ether oxygens (including phenoxy) is 2. The van der Waals surface area contributed by atoms with Gasteiger partial charge in [-0.25, -0.2) is 4.79 Å². The van der Waals surface area contributed by atoms with Crippen LogP contribution in [0.2, 0.25) is 0 Å². The highest BCUT2D eigenvalue weighted by Gasteiger charge is 2.42. The van der Waals surface area contributed by atoms with Crippen molar-refractivity contribution >= 4 is 11.9 Å². The van der Waals surface area contributed by atoms with E-state index in [1.165, 1.54) is 5.56 Å². The zero-order valence-electron chi connectivity index (χ0n) is 20.8. The van der Waals surface area contributed by atoms with Gasteiger partial charge in [0.15, 0.2) is 11.5 Å². The molecule has 180 valence electrons. The van der Waals surface area contributed by atoms with Gasteiger partial charge in [-0.05, 0) is 40.7 Å². The van der Waals surface area contributed by atoms with Crippen molar-refractivity contribution in [3.05, 3.63) is 70.4 Å². The molecular weight excluding hydrogens is 430 g/mol. The van der Waals surface area contributed by atoms with Crippen LogP contribution in [0.3, 0.4) is 0 Å². The van der Waals surface area contributed by atoms with Crippen LogP contribution < -0.4 is 14.8 Å². The minimum Gasteiger partial charge on any atom is -0.493 e. The molecule has 4 rings (SSSR count). The molecule has 1 atom stereocenters. The molecule has 7 nitrogen and oxygen atoms in total. The molecule has 1 unspecified atom stereocenters. The predicted octanol–water partition coefficient (Wildman–Crippen LogP) is 4.04. The third-order valence-electron chi connectivity index (χ3n) is 6.66. The molecule has 0 aromatic heterocycles. The van der Waals surface area contributed by atoms with Crippen LogP contribution in [0, 0.1) is 0 Å². The monoisotopic (exact) mass is 463 g/mol. The lowest BCUT2D eigenvalue weighted by Crippen LogP contribution is -2.45.